The summed E-state index contributed by atoms with van der Waals surface area (Å²) in [4.78, 5) is 4.76. The van der Waals surface area contributed by atoms with Gasteiger partial charge in [-0.3, -0.25) is 0 Å². The van der Waals surface area contributed by atoms with Crippen LogP contribution < -0.4 is 9.80 Å². The Morgan fingerprint density at radius 1 is 0.151 bits per heavy atom. The fourth-order valence-corrected chi connectivity index (χ4v) is 19.2. The zero-order valence-electron chi connectivity index (χ0n) is 68.6. The lowest BCUT2D eigenvalue weighted by molar-refractivity contribution is 0.668. The average Bonchev–Trinajstić information content (AvgIpc) is 1.59. The minimum Gasteiger partial charge on any atom is -0.456 e. The highest BCUT2D eigenvalue weighted by Gasteiger charge is 2.24. The van der Waals surface area contributed by atoms with E-state index >= 15 is 0 Å². The first-order chi connectivity index (χ1) is 62.4. The van der Waals surface area contributed by atoms with E-state index in [4.69, 9.17) is 8.83 Å². The summed E-state index contributed by atoms with van der Waals surface area (Å²) >= 11 is 0. The third-order valence-electron chi connectivity index (χ3n) is 25.4. The zero-order valence-corrected chi connectivity index (χ0v) is 68.6. The summed E-state index contributed by atoms with van der Waals surface area (Å²) in [6.45, 7) is 0. The van der Waals surface area contributed by atoms with Crippen molar-refractivity contribution in [1.29, 1.82) is 0 Å². The second kappa shape index (κ2) is 30.7. The van der Waals surface area contributed by atoms with E-state index in [1.54, 1.807) is 0 Å². The molecule has 0 aliphatic carbocycles. The fourth-order valence-electron chi connectivity index (χ4n) is 19.2. The Morgan fingerprint density at radius 3 is 0.913 bits per heavy atom. The molecule has 4 aromatic heterocycles. The first kappa shape index (κ1) is 73.1. The van der Waals surface area contributed by atoms with Crippen molar-refractivity contribution in [3.05, 3.63) is 473 Å². The van der Waals surface area contributed by atoms with Gasteiger partial charge in [0.1, 0.15) is 22.3 Å². The zero-order chi connectivity index (χ0) is 83.1. The minimum atomic E-state index is 0.880. The predicted octanol–water partition coefficient (Wildman–Crippen LogP) is 33.6. The van der Waals surface area contributed by atoms with Crippen LogP contribution in [-0.4, -0.2) is 9.13 Å². The molecule has 0 amide bonds. The molecule has 0 saturated heterocycles. The molecule has 0 fully saturated rings. The normalized spacial score (nSPS) is 11.7. The van der Waals surface area contributed by atoms with Gasteiger partial charge in [-0.15, -0.1) is 0 Å². The van der Waals surface area contributed by atoms with Crippen molar-refractivity contribution in [3.63, 3.8) is 0 Å². The molecule has 0 aliphatic rings. The monoisotopic (exact) mass is 1610 g/mol. The van der Waals surface area contributed by atoms with Crippen molar-refractivity contribution in [2.24, 2.45) is 0 Å². The van der Waals surface area contributed by atoms with E-state index in [2.05, 4.69) is 468 Å². The number of nitrogens with zero attached hydrogens (tertiary/aromatic N) is 4. The third kappa shape index (κ3) is 12.9. The minimum absolute atomic E-state index is 0.880. The van der Waals surface area contributed by atoms with Crippen LogP contribution in [0.3, 0.4) is 0 Å². The van der Waals surface area contributed by atoms with Crippen molar-refractivity contribution >= 4 is 122 Å². The topological polar surface area (TPSA) is 42.6 Å². The molecule has 20 aromatic carbocycles. The average molecular weight is 1610 g/mol. The molecule has 0 unspecified atom stereocenters. The quantitative estimate of drug-likeness (QED) is 0.0911. The molecule has 0 N–H and O–H groups in total. The molecule has 4 heterocycles. The fraction of sp³-hybridized carbons (Fsp3) is 0. The number of rotatable bonds is 17. The maximum absolute atomic E-state index is 6.38. The van der Waals surface area contributed by atoms with Crippen LogP contribution in [0.2, 0.25) is 0 Å². The van der Waals surface area contributed by atoms with Gasteiger partial charge in [-0.25, -0.2) is 0 Å². The maximum Gasteiger partial charge on any atom is 0.136 e. The molecule has 590 valence electrons. The van der Waals surface area contributed by atoms with Crippen LogP contribution in [0.1, 0.15) is 0 Å². The van der Waals surface area contributed by atoms with E-state index in [-0.39, 0.29) is 0 Å². The van der Waals surface area contributed by atoms with Gasteiger partial charge < -0.3 is 27.8 Å². The number of furan rings is 2. The van der Waals surface area contributed by atoms with Crippen molar-refractivity contribution in [1.82, 2.24) is 9.13 Å². The van der Waals surface area contributed by atoms with Gasteiger partial charge in [0, 0.05) is 88.2 Å². The van der Waals surface area contributed by atoms with Gasteiger partial charge in [-0.1, -0.05) is 315 Å². The van der Waals surface area contributed by atoms with Crippen LogP contribution in [0, 0.1) is 0 Å². The highest BCUT2D eigenvalue weighted by Crippen LogP contribution is 2.48. The number of anilines is 6. The molecule has 0 radical (unpaired) electrons. The Balaban J connectivity index is 0.523. The van der Waals surface area contributed by atoms with Crippen molar-refractivity contribution in [2.75, 3.05) is 9.80 Å². The Morgan fingerprint density at radius 2 is 0.437 bits per heavy atom. The second-order valence-corrected chi connectivity index (χ2v) is 32.6. The number of hydrogen-bond acceptors (Lipinski definition) is 4. The van der Waals surface area contributed by atoms with E-state index in [0.29, 0.717) is 0 Å². The number of aromatic nitrogens is 2. The van der Waals surface area contributed by atoms with Crippen molar-refractivity contribution in [2.45, 2.75) is 0 Å². The smallest absolute Gasteiger partial charge is 0.136 e. The molecule has 126 heavy (non-hydrogen) atoms. The van der Waals surface area contributed by atoms with Crippen molar-refractivity contribution in [3.8, 4) is 112 Å². The first-order valence-corrected chi connectivity index (χ1v) is 43.1. The van der Waals surface area contributed by atoms with Gasteiger partial charge in [-0.2, -0.15) is 0 Å². The van der Waals surface area contributed by atoms with Gasteiger partial charge in [0.15, 0.2) is 0 Å². The second-order valence-electron chi connectivity index (χ2n) is 32.6. The molecule has 0 bridgehead atoms. The molecule has 0 saturated carbocycles. The first-order valence-electron chi connectivity index (χ1n) is 43.1. The molecule has 6 nitrogen and oxygen atoms in total. The van der Waals surface area contributed by atoms with E-state index in [0.717, 1.165) is 189 Å². The summed E-state index contributed by atoms with van der Waals surface area (Å²) in [5.41, 5.74) is 37.2. The van der Waals surface area contributed by atoms with Gasteiger partial charge in [0.05, 0.1) is 39.1 Å². The van der Waals surface area contributed by atoms with Crippen molar-refractivity contribution < 1.29 is 8.83 Å². The van der Waals surface area contributed by atoms with Crippen LogP contribution in [0.25, 0.3) is 199 Å². The highest BCUT2D eigenvalue weighted by molar-refractivity contribution is 6.13. The largest absolute Gasteiger partial charge is 0.456 e. The summed E-state index contributed by atoms with van der Waals surface area (Å²) in [7, 11) is 0. The number of para-hydroxylation sites is 8. The van der Waals surface area contributed by atoms with Gasteiger partial charge in [0.25, 0.3) is 0 Å². The van der Waals surface area contributed by atoms with E-state index in [9.17, 15) is 0 Å². The number of hydrogen-bond donors (Lipinski definition) is 0. The Kier molecular flexibility index (Phi) is 17.8. The molecule has 24 aromatic rings. The molecular weight excluding hydrogens is 1530 g/mol. The van der Waals surface area contributed by atoms with E-state index < -0.39 is 0 Å². The summed E-state index contributed by atoms with van der Waals surface area (Å²) in [5.74, 6) is 0. The summed E-state index contributed by atoms with van der Waals surface area (Å²) in [6.07, 6.45) is 0. The van der Waals surface area contributed by atoms with E-state index in [1.165, 1.54) is 43.7 Å². The summed E-state index contributed by atoms with van der Waals surface area (Å²) in [6, 6.07) is 172. The Labute approximate surface area is 729 Å². The molecule has 6 heteroatoms. The molecular formula is C120H78N4O2. The third-order valence-corrected chi connectivity index (χ3v) is 25.4. The lowest BCUT2D eigenvalue weighted by atomic mass is 9.96. The maximum atomic E-state index is 6.38. The highest BCUT2D eigenvalue weighted by atomic mass is 16.3. The Hall–Kier alpha value is -16.8. The van der Waals surface area contributed by atoms with Crippen LogP contribution in [0.4, 0.5) is 34.1 Å². The number of benzene rings is 20. The van der Waals surface area contributed by atoms with E-state index in [1.807, 2.05) is 24.3 Å². The predicted molar refractivity (Wildman–Crippen MR) is 528 cm³/mol. The van der Waals surface area contributed by atoms with Crippen LogP contribution in [0.15, 0.2) is 482 Å². The lowest BCUT2D eigenvalue weighted by Crippen LogP contribution is -2.11. The molecule has 0 atom stereocenters. The molecule has 24 rings (SSSR count). The van der Waals surface area contributed by atoms with Gasteiger partial charge in [-0.05, 0) is 241 Å². The lowest BCUT2D eigenvalue weighted by Gasteiger charge is -2.28. The summed E-state index contributed by atoms with van der Waals surface area (Å²) < 4.78 is 17.6. The van der Waals surface area contributed by atoms with Crippen LogP contribution in [-0.2, 0) is 0 Å². The summed E-state index contributed by atoms with van der Waals surface area (Å²) in [5, 5.41) is 9.36. The standard InChI is InChI=1S/C120H78N4O2/c1-2-22-79(23-3-1)88-25-21-27-93(75-88)101-30-6-12-36-110(101)122(97-65-52-84(53-66-97)92-59-72-108-106-35-11-19-43-118(106)126-120(108)78-92)98-69-56-86(57-70-98)100-29-5-14-38-112(100)124-115-41-17-9-33-104(115)109-76-90(60-73-116(109)124)89-26-20-24-87(74-89)82-46-44-80(45-47-82)81-48-61-94(62-49-81)121(95-63-50-83(51-64-95)91-58-71-107-105-34-10-18-42-117(105)125-119(107)77-91)96-67-54-85(55-68-96)99-28-4-13-37-111(99)123-113-39-15-7-31-102(113)103-32-8-16-40-114(103)123/h1-78H. The van der Waals surface area contributed by atoms with Crippen LogP contribution in [0.5, 0.6) is 0 Å². The number of fused-ring (bicyclic) bond motifs is 12. The van der Waals surface area contributed by atoms with Gasteiger partial charge in [0.2, 0.25) is 0 Å². The molecule has 0 spiro atoms. The SMILES string of the molecule is c1ccc(-c2cccc(-c3ccccc3N(c3ccc(-c4ccc5c(c4)oc4ccccc45)cc3)c3ccc(-c4ccccc4-n4c5ccccc5c5cc(-c6cccc(-c7ccc(-c8ccc(N(c9ccc(-c%10ccc%11c(c%10)oc%10ccccc%10%11)cc9)c9ccc(-c%10ccccc%10-n%10c%11ccccc%11c%11ccccc%11%10)cc9)cc8)cc7)c6)ccc54)cc3)c2)cc1. The van der Waals surface area contributed by atoms with Crippen LogP contribution >= 0.6 is 0 Å². The Bertz CT molecular complexity index is 8250. The van der Waals surface area contributed by atoms with Gasteiger partial charge >= 0.3 is 0 Å². The molecule has 0 aliphatic heterocycles.